The van der Waals surface area contributed by atoms with Crippen molar-refractivity contribution < 1.29 is 14.3 Å². The van der Waals surface area contributed by atoms with E-state index in [1.54, 1.807) is 0 Å². The van der Waals surface area contributed by atoms with Crippen LogP contribution >= 0.6 is 11.3 Å². The monoisotopic (exact) mass is 312 g/mol. The number of nitrogens with zero attached hydrogens (tertiary/aromatic N) is 1. The molecule has 2 rings (SSSR count). The van der Waals surface area contributed by atoms with Crippen LogP contribution in [0.4, 0.5) is 10.7 Å². The summed E-state index contributed by atoms with van der Waals surface area (Å²) in [5.41, 5.74) is 11.5. The Balaban J connectivity index is 2.27. The van der Waals surface area contributed by atoms with E-state index in [9.17, 15) is 9.59 Å². The van der Waals surface area contributed by atoms with Crippen molar-refractivity contribution in [1.29, 1.82) is 0 Å². The van der Waals surface area contributed by atoms with Gasteiger partial charge in [0, 0.05) is 6.04 Å². The highest BCUT2D eigenvalue weighted by Crippen LogP contribution is 2.37. The Bertz CT molecular complexity index is 550. The predicted molar refractivity (Wildman–Crippen MR) is 82.7 cm³/mol. The van der Waals surface area contributed by atoms with Crippen molar-refractivity contribution in [2.75, 3.05) is 38.3 Å². The number of esters is 1. The van der Waals surface area contributed by atoms with Crippen LogP contribution in [0.25, 0.3) is 0 Å². The van der Waals surface area contributed by atoms with Crippen LogP contribution in [0.1, 0.15) is 32.9 Å². The zero-order valence-corrected chi connectivity index (χ0v) is 13.0. The summed E-state index contributed by atoms with van der Waals surface area (Å²) in [6.45, 7) is 1.96. The predicted octanol–water partition coefficient (Wildman–Crippen LogP) is 0.722. The summed E-state index contributed by atoms with van der Waals surface area (Å²) in [4.78, 5) is 25.7. The second kappa shape index (κ2) is 6.31. The lowest BCUT2D eigenvalue weighted by Crippen LogP contribution is -2.36. The molecule has 1 saturated heterocycles. The molecule has 1 aromatic heterocycles. The molecule has 0 bridgehead atoms. The maximum atomic E-state index is 11.9. The molecule has 0 atom stereocenters. The summed E-state index contributed by atoms with van der Waals surface area (Å²) >= 11 is 1.11. The number of methoxy groups -OCH3 is 1. The van der Waals surface area contributed by atoms with Crippen LogP contribution in [0.2, 0.25) is 0 Å². The van der Waals surface area contributed by atoms with Gasteiger partial charge in [-0.25, -0.2) is 4.79 Å². The number of hydrogen-bond donors (Lipinski definition) is 3. The highest BCUT2D eigenvalue weighted by molar-refractivity contribution is 7.19. The average Bonchev–Trinajstić information content (AvgIpc) is 2.77. The lowest BCUT2D eigenvalue weighted by Gasteiger charge is -2.29. The molecule has 1 aliphatic heterocycles. The van der Waals surface area contributed by atoms with Gasteiger partial charge in [-0.15, -0.1) is 11.3 Å². The number of hydrogen-bond acceptors (Lipinski definition) is 7. The SMILES string of the molecule is COC(=O)c1c(NC2CCN(C)CC2)sc(C(N)=O)c1N. The molecule has 0 saturated carbocycles. The molecule has 0 aromatic carbocycles. The van der Waals surface area contributed by atoms with E-state index >= 15 is 0 Å². The summed E-state index contributed by atoms with van der Waals surface area (Å²) in [6.07, 6.45) is 1.92. The third-order valence-corrected chi connectivity index (χ3v) is 4.76. The zero-order chi connectivity index (χ0) is 15.6. The normalized spacial score (nSPS) is 16.7. The molecule has 0 unspecified atom stereocenters. The van der Waals surface area contributed by atoms with Crippen molar-refractivity contribution in [1.82, 2.24) is 4.90 Å². The van der Waals surface area contributed by atoms with Crippen LogP contribution in [0.3, 0.4) is 0 Å². The van der Waals surface area contributed by atoms with Crippen LogP contribution in [0.15, 0.2) is 0 Å². The molecule has 8 heteroatoms. The lowest BCUT2D eigenvalue weighted by molar-refractivity contribution is 0.0603. The van der Waals surface area contributed by atoms with Crippen LogP contribution in [-0.2, 0) is 4.74 Å². The third kappa shape index (κ3) is 3.27. The first-order valence-corrected chi connectivity index (χ1v) is 7.51. The Labute approximate surface area is 127 Å². The van der Waals surface area contributed by atoms with Gasteiger partial charge in [0.1, 0.15) is 15.4 Å². The number of rotatable bonds is 4. The smallest absolute Gasteiger partial charge is 0.343 e. The number of primary amides is 1. The number of amides is 1. The van der Waals surface area contributed by atoms with Crippen LogP contribution in [0.5, 0.6) is 0 Å². The summed E-state index contributed by atoms with van der Waals surface area (Å²) in [5.74, 6) is -1.20. The fourth-order valence-corrected chi connectivity index (χ4v) is 3.41. The first kappa shape index (κ1) is 15.6. The molecular formula is C13H20N4O3S. The number of nitrogens with two attached hydrogens (primary N) is 2. The average molecular weight is 312 g/mol. The van der Waals surface area contributed by atoms with E-state index in [-0.39, 0.29) is 22.2 Å². The lowest BCUT2D eigenvalue weighted by atomic mass is 10.1. The van der Waals surface area contributed by atoms with Gasteiger partial charge in [-0.2, -0.15) is 0 Å². The van der Waals surface area contributed by atoms with Gasteiger partial charge in [-0.1, -0.05) is 0 Å². The number of likely N-dealkylation sites (tertiary alicyclic amines) is 1. The van der Waals surface area contributed by atoms with Crippen LogP contribution in [-0.4, -0.2) is 50.1 Å². The quantitative estimate of drug-likeness (QED) is 0.707. The van der Waals surface area contributed by atoms with Crippen LogP contribution < -0.4 is 16.8 Å². The second-order valence-corrected chi connectivity index (χ2v) is 6.15. The third-order valence-electron chi connectivity index (χ3n) is 3.61. The highest BCUT2D eigenvalue weighted by atomic mass is 32.1. The molecule has 2 heterocycles. The first-order valence-electron chi connectivity index (χ1n) is 6.69. The fraction of sp³-hybridized carbons (Fsp3) is 0.538. The van der Waals surface area contributed by atoms with Gasteiger partial charge in [0.25, 0.3) is 5.91 Å². The first-order chi connectivity index (χ1) is 9.93. The van der Waals surface area contributed by atoms with Gasteiger partial charge >= 0.3 is 5.97 Å². The minimum Gasteiger partial charge on any atom is -0.465 e. The molecule has 1 fully saturated rings. The Hall–Kier alpha value is -1.80. The summed E-state index contributed by atoms with van der Waals surface area (Å²) < 4.78 is 4.74. The number of carbonyl (C=O) groups excluding carboxylic acids is 2. The van der Waals surface area contributed by atoms with Crippen LogP contribution in [0, 0.1) is 0 Å². The molecule has 0 aliphatic carbocycles. The van der Waals surface area contributed by atoms with Crippen molar-refractivity contribution in [2.45, 2.75) is 18.9 Å². The molecule has 1 aliphatic rings. The second-order valence-electron chi connectivity index (χ2n) is 5.13. The molecule has 1 aromatic rings. The standard InChI is InChI=1S/C13H20N4O3S/c1-17-5-3-7(4-6-17)16-12-8(13(19)20-2)9(14)10(21-12)11(15)18/h7,16H,3-6,14H2,1-2H3,(H2,15,18). The number of anilines is 2. The molecular weight excluding hydrogens is 292 g/mol. The minimum absolute atomic E-state index is 0.0924. The summed E-state index contributed by atoms with van der Waals surface area (Å²) in [7, 11) is 3.35. The van der Waals surface area contributed by atoms with Crippen molar-refractivity contribution >= 4 is 33.9 Å². The minimum atomic E-state index is -0.640. The van der Waals surface area contributed by atoms with Gasteiger partial charge in [-0.3, -0.25) is 4.79 Å². The van der Waals surface area contributed by atoms with Crippen molar-refractivity contribution in [2.24, 2.45) is 5.73 Å². The summed E-state index contributed by atoms with van der Waals surface area (Å²) in [6, 6.07) is 0.239. The van der Waals surface area contributed by atoms with Gasteiger partial charge in [0.15, 0.2) is 0 Å². The van der Waals surface area contributed by atoms with Gasteiger partial charge in [0.05, 0.1) is 12.8 Å². The Morgan fingerprint density at radius 2 is 2.00 bits per heavy atom. The number of ether oxygens (including phenoxy) is 1. The number of carbonyl (C=O) groups is 2. The molecule has 7 nitrogen and oxygen atoms in total. The number of nitrogens with one attached hydrogen (secondary N) is 1. The van der Waals surface area contributed by atoms with Crippen molar-refractivity contribution in [3.63, 3.8) is 0 Å². The van der Waals surface area contributed by atoms with Gasteiger partial charge in [0.2, 0.25) is 0 Å². The topological polar surface area (TPSA) is 111 Å². The molecule has 0 radical (unpaired) electrons. The van der Waals surface area contributed by atoms with Crippen molar-refractivity contribution in [3.05, 3.63) is 10.4 Å². The number of piperidine rings is 1. The van der Waals surface area contributed by atoms with E-state index in [1.807, 2.05) is 0 Å². The van der Waals surface area contributed by atoms with E-state index in [4.69, 9.17) is 16.2 Å². The summed E-state index contributed by atoms with van der Waals surface area (Å²) in [5, 5.41) is 3.86. The molecule has 21 heavy (non-hydrogen) atoms. The van der Waals surface area contributed by atoms with Gasteiger partial charge in [-0.05, 0) is 33.0 Å². The maximum absolute atomic E-state index is 11.9. The van der Waals surface area contributed by atoms with E-state index in [0.29, 0.717) is 5.00 Å². The Morgan fingerprint density at radius 3 is 2.52 bits per heavy atom. The Morgan fingerprint density at radius 1 is 1.38 bits per heavy atom. The van der Waals surface area contributed by atoms with Gasteiger partial charge < -0.3 is 26.4 Å². The number of nitrogen functional groups attached to an aromatic ring is 1. The molecule has 1 amide bonds. The molecule has 5 N–H and O–H groups in total. The van der Waals surface area contributed by atoms with E-state index < -0.39 is 11.9 Å². The van der Waals surface area contributed by atoms with E-state index in [0.717, 1.165) is 37.3 Å². The highest BCUT2D eigenvalue weighted by Gasteiger charge is 2.27. The fourth-order valence-electron chi connectivity index (χ4n) is 2.37. The molecule has 116 valence electrons. The van der Waals surface area contributed by atoms with E-state index in [1.165, 1.54) is 7.11 Å². The maximum Gasteiger partial charge on any atom is 0.343 e. The largest absolute Gasteiger partial charge is 0.465 e. The van der Waals surface area contributed by atoms with Crippen molar-refractivity contribution in [3.8, 4) is 0 Å². The zero-order valence-electron chi connectivity index (χ0n) is 12.1. The van der Waals surface area contributed by atoms with E-state index in [2.05, 4.69) is 17.3 Å². The molecule has 0 spiro atoms. The Kier molecular flexibility index (Phi) is 4.69. The number of thiophene rings is 1.